The summed E-state index contributed by atoms with van der Waals surface area (Å²) in [5.41, 5.74) is 0.840. The van der Waals surface area contributed by atoms with E-state index in [4.69, 9.17) is 0 Å². The van der Waals surface area contributed by atoms with Crippen LogP contribution in [0.1, 0.15) is 85.0 Å². The van der Waals surface area contributed by atoms with Crippen LogP contribution in [0.5, 0.6) is 0 Å². The monoisotopic (exact) mass is 277 g/mol. The van der Waals surface area contributed by atoms with Gasteiger partial charge in [-0.25, -0.2) is 4.79 Å². The molecule has 2 aliphatic carbocycles. The maximum absolute atomic E-state index is 11.7. The number of nitrogens with zero attached hydrogens (tertiary/aromatic N) is 1. The Bertz CT molecular complexity index is 332. The lowest BCUT2D eigenvalue weighted by atomic mass is 9.83. The Morgan fingerprint density at radius 3 is 1.55 bits per heavy atom. The molecule has 0 aromatic rings. The van der Waals surface area contributed by atoms with Gasteiger partial charge in [-0.15, -0.1) is 0 Å². The number of hydrogen-bond donors (Lipinski definition) is 0. The first kappa shape index (κ1) is 15.6. The van der Waals surface area contributed by atoms with Crippen LogP contribution in [0.25, 0.3) is 0 Å². The van der Waals surface area contributed by atoms with Gasteiger partial charge in [0.05, 0.1) is 0 Å². The second kappa shape index (κ2) is 6.80. The standard InChI is InChI=1S/C18H31NO/c1-18(2,3)17(14-20)19(15-10-6-4-7-11-15)16-12-8-5-9-13-16/h15-16H,4-13H2,1-3H3. The third-order valence-corrected chi connectivity index (χ3v) is 5.00. The highest BCUT2D eigenvalue weighted by Gasteiger charge is 2.35. The summed E-state index contributed by atoms with van der Waals surface area (Å²) in [6.45, 7) is 6.48. The lowest BCUT2D eigenvalue weighted by Crippen LogP contribution is -2.47. The average Bonchev–Trinajstić information content (AvgIpc) is 2.45. The molecular formula is C18H31NO. The quantitative estimate of drug-likeness (QED) is 0.696. The van der Waals surface area contributed by atoms with Crippen LogP contribution in [-0.2, 0) is 4.79 Å². The molecule has 0 spiro atoms. The fourth-order valence-electron chi connectivity index (χ4n) is 3.97. The van der Waals surface area contributed by atoms with E-state index in [1.165, 1.54) is 64.2 Å². The summed E-state index contributed by atoms with van der Waals surface area (Å²) in [7, 11) is 0. The summed E-state index contributed by atoms with van der Waals surface area (Å²) < 4.78 is 0. The molecule has 0 amide bonds. The zero-order valence-electron chi connectivity index (χ0n) is 13.6. The third kappa shape index (κ3) is 3.67. The summed E-state index contributed by atoms with van der Waals surface area (Å²) in [6, 6.07) is 1.17. The summed E-state index contributed by atoms with van der Waals surface area (Å²) in [5.74, 6) is 2.33. The Morgan fingerprint density at radius 1 is 0.850 bits per heavy atom. The van der Waals surface area contributed by atoms with Gasteiger partial charge in [-0.3, -0.25) is 0 Å². The number of allylic oxidation sites excluding steroid dienone is 1. The largest absolute Gasteiger partial charge is 0.360 e. The summed E-state index contributed by atoms with van der Waals surface area (Å²) in [4.78, 5) is 14.2. The van der Waals surface area contributed by atoms with Crippen LogP contribution in [0.15, 0.2) is 5.70 Å². The summed E-state index contributed by atoms with van der Waals surface area (Å²) >= 11 is 0. The predicted octanol–water partition coefficient (Wildman–Crippen LogP) is 4.72. The maximum atomic E-state index is 11.7. The summed E-state index contributed by atoms with van der Waals surface area (Å²) in [5, 5.41) is 0. The van der Waals surface area contributed by atoms with Crippen LogP contribution < -0.4 is 0 Å². The Kier molecular flexibility index (Phi) is 5.32. The zero-order valence-corrected chi connectivity index (χ0v) is 13.6. The van der Waals surface area contributed by atoms with Crippen LogP contribution in [0.2, 0.25) is 0 Å². The molecule has 0 atom stereocenters. The number of carbonyl (C=O) groups excluding carboxylic acids is 1. The van der Waals surface area contributed by atoms with Gasteiger partial charge in [0.2, 0.25) is 0 Å². The molecule has 2 aliphatic rings. The molecule has 0 heterocycles. The van der Waals surface area contributed by atoms with Crippen LogP contribution in [0.3, 0.4) is 0 Å². The molecule has 0 aliphatic heterocycles. The van der Waals surface area contributed by atoms with Crippen molar-refractivity contribution in [2.24, 2.45) is 5.41 Å². The molecule has 0 aromatic heterocycles. The minimum absolute atomic E-state index is 0.0867. The highest BCUT2D eigenvalue weighted by molar-refractivity contribution is 5.54. The van der Waals surface area contributed by atoms with E-state index < -0.39 is 0 Å². The molecule has 0 radical (unpaired) electrons. The van der Waals surface area contributed by atoms with Gasteiger partial charge >= 0.3 is 0 Å². The molecule has 2 fully saturated rings. The molecule has 114 valence electrons. The lowest BCUT2D eigenvalue weighted by Gasteiger charge is -2.46. The molecule has 20 heavy (non-hydrogen) atoms. The molecule has 2 saturated carbocycles. The molecule has 0 N–H and O–H groups in total. The Morgan fingerprint density at radius 2 is 1.25 bits per heavy atom. The normalized spacial score (nSPS) is 22.4. The topological polar surface area (TPSA) is 20.3 Å². The van der Waals surface area contributed by atoms with Crippen LogP contribution in [0.4, 0.5) is 0 Å². The minimum atomic E-state index is -0.0867. The van der Waals surface area contributed by atoms with Crippen molar-refractivity contribution in [3.8, 4) is 0 Å². The molecule has 0 aromatic carbocycles. The molecule has 2 heteroatoms. The van der Waals surface area contributed by atoms with Crippen LogP contribution in [-0.4, -0.2) is 22.9 Å². The first-order valence-electron chi connectivity index (χ1n) is 8.58. The van der Waals surface area contributed by atoms with Gasteiger partial charge in [0.1, 0.15) is 11.6 Å². The van der Waals surface area contributed by atoms with Gasteiger partial charge < -0.3 is 4.90 Å². The highest BCUT2D eigenvalue weighted by atomic mass is 16.1. The first-order valence-corrected chi connectivity index (χ1v) is 8.58. The fourth-order valence-corrected chi connectivity index (χ4v) is 3.97. The van der Waals surface area contributed by atoms with E-state index in [9.17, 15) is 4.79 Å². The molecule has 2 nitrogen and oxygen atoms in total. The van der Waals surface area contributed by atoms with Crippen LogP contribution >= 0.6 is 0 Å². The van der Waals surface area contributed by atoms with Gasteiger partial charge in [-0.2, -0.15) is 0 Å². The second-order valence-electron chi connectivity index (χ2n) is 7.69. The van der Waals surface area contributed by atoms with Crippen molar-refractivity contribution < 1.29 is 4.79 Å². The smallest absolute Gasteiger partial charge is 0.146 e. The summed E-state index contributed by atoms with van der Waals surface area (Å²) in [6.07, 6.45) is 13.1. The van der Waals surface area contributed by atoms with E-state index >= 15 is 0 Å². The molecule has 0 saturated heterocycles. The van der Waals surface area contributed by atoms with Crippen molar-refractivity contribution in [2.75, 3.05) is 0 Å². The van der Waals surface area contributed by atoms with Gasteiger partial charge in [-0.1, -0.05) is 59.3 Å². The first-order chi connectivity index (χ1) is 9.54. The van der Waals surface area contributed by atoms with E-state index in [-0.39, 0.29) is 5.41 Å². The van der Waals surface area contributed by atoms with Gasteiger partial charge in [0.15, 0.2) is 0 Å². The van der Waals surface area contributed by atoms with E-state index in [2.05, 4.69) is 31.6 Å². The number of hydrogen-bond acceptors (Lipinski definition) is 2. The second-order valence-corrected chi connectivity index (χ2v) is 7.69. The van der Waals surface area contributed by atoms with Crippen molar-refractivity contribution in [3.05, 3.63) is 5.70 Å². The van der Waals surface area contributed by atoms with Gasteiger partial charge in [0.25, 0.3) is 0 Å². The Hall–Kier alpha value is -0.750. The van der Waals surface area contributed by atoms with Crippen molar-refractivity contribution >= 4 is 5.94 Å². The Labute approximate surface area is 124 Å². The molecule has 0 unspecified atom stereocenters. The lowest BCUT2D eigenvalue weighted by molar-refractivity contribution is 0.0957. The molecule has 0 bridgehead atoms. The maximum Gasteiger partial charge on any atom is 0.146 e. The van der Waals surface area contributed by atoms with Gasteiger partial charge in [0, 0.05) is 17.5 Å². The van der Waals surface area contributed by atoms with E-state index in [0.29, 0.717) is 12.1 Å². The molecular weight excluding hydrogens is 246 g/mol. The average molecular weight is 277 g/mol. The van der Waals surface area contributed by atoms with Crippen molar-refractivity contribution in [2.45, 2.75) is 97.1 Å². The van der Waals surface area contributed by atoms with Crippen LogP contribution in [0, 0.1) is 5.41 Å². The third-order valence-electron chi connectivity index (χ3n) is 5.00. The van der Waals surface area contributed by atoms with Crippen molar-refractivity contribution in [1.82, 2.24) is 4.90 Å². The zero-order chi connectivity index (χ0) is 14.6. The Balaban J connectivity index is 2.24. The number of rotatable bonds is 3. The minimum Gasteiger partial charge on any atom is -0.360 e. The van der Waals surface area contributed by atoms with E-state index in [0.717, 1.165) is 5.70 Å². The van der Waals surface area contributed by atoms with E-state index in [1.54, 1.807) is 0 Å². The fraction of sp³-hybridized carbons (Fsp3) is 0.889. The predicted molar refractivity (Wildman–Crippen MR) is 84.2 cm³/mol. The van der Waals surface area contributed by atoms with Crippen molar-refractivity contribution in [1.29, 1.82) is 0 Å². The van der Waals surface area contributed by atoms with Gasteiger partial charge in [-0.05, 0) is 25.7 Å². The highest BCUT2D eigenvalue weighted by Crippen LogP contribution is 2.37. The van der Waals surface area contributed by atoms with E-state index in [1.807, 2.05) is 0 Å². The van der Waals surface area contributed by atoms with Crippen molar-refractivity contribution in [3.63, 3.8) is 0 Å². The molecule has 2 rings (SSSR count). The SMILES string of the molecule is CC(C)(C)C(=C=O)N(C1CCCCC1)C1CCCCC1.